The topological polar surface area (TPSA) is 150 Å². The predicted molar refractivity (Wildman–Crippen MR) is 209 cm³/mol. The maximum absolute atomic E-state index is 12.3. The minimum atomic E-state index is -2.77. The molecule has 0 aliphatic carbocycles. The van der Waals surface area contributed by atoms with Crippen molar-refractivity contribution in [3.05, 3.63) is 94.6 Å². The molecule has 0 aliphatic rings. The van der Waals surface area contributed by atoms with Gasteiger partial charge in [0.25, 0.3) is 8.32 Å². The van der Waals surface area contributed by atoms with Gasteiger partial charge >= 0.3 is 12.1 Å². The number of anilines is 2. The van der Waals surface area contributed by atoms with Gasteiger partial charge in [0, 0.05) is 18.2 Å². The number of ether oxygens (including phenoxy) is 2. The molecule has 0 saturated heterocycles. The van der Waals surface area contributed by atoms with Crippen LogP contribution in [0.25, 0.3) is 11.0 Å². The Bertz CT molecular complexity index is 1970. The number of hydrogen-bond donors (Lipinski definition) is 3. The third-order valence-corrected chi connectivity index (χ3v) is 14.5. The van der Waals surface area contributed by atoms with Crippen LogP contribution in [0.15, 0.2) is 83.5 Å². The summed E-state index contributed by atoms with van der Waals surface area (Å²) < 4.78 is 19.7. The molecule has 12 nitrogen and oxygen atoms in total. The third kappa shape index (κ3) is 8.29. The van der Waals surface area contributed by atoms with E-state index in [1.807, 2.05) is 12.1 Å². The zero-order chi connectivity index (χ0) is 37.5. The van der Waals surface area contributed by atoms with Crippen molar-refractivity contribution in [2.75, 3.05) is 31.5 Å². The molecule has 2 aromatic heterocycles. The zero-order valence-electron chi connectivity index (χ0n) is 30.3. The number of aromatic nitrogens is 4. The number of nitrogens with one attached hydrogen (secondary N) is 2. The second-order valence-corrected chi connectivity index (χ2v) is 18.5. The molecule has 1 amide bonds. The van der Waals surface area contributed by atoms with Gasteiger partial charge in [-0.1, -0.05) is 94.8 Å². The molecule has 0 spiro atoms. The fraction of sp³-hybridized carbons (Fsp3) is 0.342. The van der Waals surface area contributed by atoms with Gasteiger partial charge in [-0.05, 0) is 62.4 Å². The fourth-order valence-electron chi connectivity index (χ4n) is 6.60. The molecule has 14 heteroatoms. The first-order valence-electron chi connectivity index (χ1n) is 17.1. The molecule has 5 rings (SSSR count). The second-order valence-electron chi connectivity index (χ2n) is 13.4. The van der Waals surface area contributed by atoms with E-state index in [0.717, 1.165) is 12.8 Å². The van der Waals surface area contributed by atoms with Crippen molar-refractivity contribution in [2.45, 2.75) is 64.6 Å². The number of fused-ring (bicyclic) bond motifs is 1. The summed E-state index contributed by atoms with van der Waals surface area (Å²) in [5.74, 6) is -0.0749. The van der Waals surface area contributed by atoms with Crippen molar-refractivity contribution in [1.29, 1.82) is 0 Å². The standard InChI is InChI=1S/C38H45BrN6O6Si/c1-7-14-27(21-22-51-52(38(2,3)4,28-15-10-8-11-16-28)29-17-12-9-13-18-29)40-34-32-31(41-36(42-34)43-37(48)50-6)33(39)44-45(32)24-26-23-25(35(46)47)19-20-30(26)49-5/h8-13,15-20,23,27H,7,14,21-22,24H2,1-6H3,(H,46,47)(H2,40,41,42,43,48)/t27-/m0/s1. The highest BCUT2D eigenvalue weighted by Gasteiger charge is 2.50. The van der Waals surface area contributed by atoms with Crippen LogP contribution in [-0.2, 0) is 15.7 Å². The van der Waals surface area contributed by atoms with Gasteiger partial charge in [-0.25, -0.2) is 14.6 Å². The number of amides is 1. The van der Waals surface area contributed by atoms with Crippen LogP contribution < -0.4 is 25.7 Å². The molecule has 3 aromatic carbocycles. The molecule has 0 fully saturated rings. The number of carbonyl (C=O) groups is 2. The lowest BCUT2D eigenvalue weighted by Gasteiger charge is -2.43. The van der Waals surface area contributed by atoms with Gasteiger partial charge in [0.1, 0.15) is 16.8 Å². The zero-order valence-corrected chi connectivity index (χ0v) is 32.9. The Morgan fingerprint density at radius 2 is 1.62 bits per heavy atom. The van der Waals surface area contributed by atoms with Gasteiger partial charge in [-0.3, -0.25) is 10.00 Å². The van der Waals surface area contributed by atoms with Crippen LogP contribution in [0.4, 0.5) is 16.6 Å². The number of carboxylic acid groups (broad SMARTS) is 1. The average Bonchev–Trinajstić information content (AvgIpc) is 3.44. The van der Waals surface area contributed by atoms with Gasteiger partial charge < -0.3 is 24.3 Å². The van der Waals surface area contributed by atoms with Crippen molar-refractivity contribution < 1.29 is 28.6 Å². The first-order valence-corrected chi connectivity index (χ1v) is 19.8. The smallest absolute Gasteiger partial charge is 0.413 e. The Hall–Kier alpha value is -4.79. The summed E-state index contributed by atoms with van der Waals surface area (Å²) in [5.41, 5.74) is 1.72. The summed E-state index contributed by atoms with van der Waals surface area (Å²) >= 11 is 3.54. The molecule has 3 N–H and O–H groups in total. The summed E-state index contributed by atoms with van der Waals surface area (Å²) in [6, 6.07) is 25.7. The Kier molecular flexibility index (Phi) is 12.3. The largest absolute Gasteiger partial charge is 0.496 e. The van der Waals surface area contributed by atoms with Gasteiger partial charge in [0.2, 0.25) is 5.95 Å². The lowest BCUT2D eigenvalue weighted by Crippen LogP contribution is -2.66. The Labute approximate surface area is 313 Å². The molecule has 274 valence electrons. The van der Waals surface area contributed by atoms with Gasteiger partial charge in [0.15, 0.2) is 10.4 Å². The maximum atomic E-state index is 12.3. The molecule has 5 aromatic rings. The molecule has 0 radical (unpaired) electrons. The molecular formula is C38H45BrN6O6Si. The molecule has 2 heterocycles. The van der Waals surface area contributed by atoms with Crippen LogP contribution in [0.3, 0.4) is 0 Å². The van der Waals surface area contributed by atoms with Crippen molar-refractivity contribution in [1.82, 2.24) is 19.7 Å². The number of aromatic carboxylic acids is 1. The predicted octanol–water partition coefficient (Wildman–Crippen LogP) is 7.07. The number of benzene rings is 3. The first-order chi connectivity index (χ1) is 24.9. The van der Waals surface area contributed by atoms with Crippen LogP contribution in [0.1, 0.15) is 62.9 Å². The quantitative estimate of drug-likeness (QED) is 0.0941. The lowest BCUT2D eigenvalue weighted by atomic mass is 10.1. The summed E-state index contributed by atoms with van der Waals surface area (Å²) in [4.78, 5) is 33.4. The third-order valence-electron chi connectivity index (χ3n) is 8.97. The van der Waals surface area contributed by atoms with E-state index < -0.39 is 20.4 Å². The summed E-state index contributed by atoms with van der Waals surface area (Å²) in [7, 11) is 0.0298. The van der Waals surface area contributed by atoms with E-state index in [-0.39, 0.29) is 29.1 Å². The first kappa shape index (κ1) is 38.4. The molecule has 52 heavy (non-hydrogen) atoms. The SMILES string of the molecule is CCC[C@@H](CCO[Si](c1ccccc1)(c1ccccc1)C(C)(C)C)Nc1nc(NC(=O)OC)nc2c(Br)nn(Cc3cc(C(=O)O)ccc3OC)c12. The number of carbonyl (C=O) groups excluding carboxylic acids is 1. The second kappa shape index (κ2) is 16.7. The number of methoxy groups -OCH3 is 2. The summed E-state index contributed by atoms with van der Waals surface area (Å²) in [6.07, 6.45) is 1.64. The minimum absolute atomic E-state index is 0.0337. The molecule has 0 saturated carbocycles. The highest BCUT2D eigenvalue weighted by atomic mass is 79.9. The van der Waals surface area contributed by atoms with E-state index in [0.29, 0.717) is 45.8 Å². The van der Waals surface area contributed by atoms with Crippen LogP contribution in [0.2, 0.25) is 5.04 Å². The minimum Gasteiger partial charge on any atom is -0.496 e. The number of hydrogen-bond acceptors (Lipinski definition) is 9. The molecule has 0 aliphatic heterocycles. The van der Waals surface area contributed by atoms with Crippen molar-refractivity contribution in [3.8, 4) is 5.75 Å². The van der Waals surface area contributed by atoms with Gasteiger partial charge in [-0.2, -0.15) is 10.1 Å². The molecule has 0 unspecified atom stereocenters. The van der Waals surface area contributed by atoms with E-state index in [1.165, 1.54) is 30.7 Å². The van der Waals surface area contributed by atoms with E-state index in [2.05, 4.69) is 108 Å². The van der Waals surface area contributed by atoms with Gasteiger partial charge in [-0.15, -0.1) is 0 Å². The van der Waals surface area contributed by atoms with Crippen molar-refractivity contribution >= 4 is 69.5 Å². The van der Waals surface area contributed by atoms with Crippen molar-refractivity contribution in [3.63, 3.8) is 0 Å². The van der Waals surface area contributed by atoms with E-state index in [4.69, 9.17) is 24.0 Å². The monoisotopic (exact) mass is 788 g/mol. The van der Waals surface area contributed by atoms with Gasteiger partial charge in [0.05, 0.1) is 26.3 Å². The van der Waals surface area contributed by atoms with E-state index in [9.17, 15) is 14.7 Å². The fourth-order valence-corrected chi connectivity index (χ4v) is 11.7. The average molecular weight is 790 g/mol. The van der Waals surface area contributed by atoms with Crippen LogP contribution >= 0.6 is 15.9 Å². The van der Waals surface area contributed by atoms with Crippen LogP contribution in [-0.4, -0.2) is 72.1 Å². The Morgan fingerprint density at radius 3 is 2.17 bits per heavy atom. The maximum Gasteiger partial charge on any atom is 0.413 e. The molecule has 1 atom stereocenters. The van der Waals surface area contributed by atoms with Crippen molar-refractivity contribution in [2.24, 2.45) is 0 Å². The number of rotatable bonds is 15. The highest BCUT2D eigenvalue weighted by molar-refractivity contribution is 9.10. The number of nitrogens with zero attached hydrogens (tertiary/aromatic N) is 4. The highest BCUT2D eigenvalue weighted by Crippen LogP contribution is 2.37. The van der Waals surface area contributed by atoms with E-state index in [1.54, 1.807) is 16.8 Å². The van der Waals surface area contributed by atoms with Crippen LogP contribution in [0, 0.1) is 0 Å². The lowest BCUT2D eigenvalue weighted by molar-refractivity contribution is 0.0696. The summed E-state index contributed by atoms with van der Waals surface area (Å²) in [6.45, 7) is 9.54. The normalized spacial score (nSPS) is 12.4. The Balaban J connectivity index is 1.53. The Morgan fingerprint density at radius 1 is 0.962 bits per heavy atom. The number of carboxylic acids is 1. The molecule has 0 bridgehead atoms. The number of halogens is 1. The molecular weight excluding hydrogens is 744 g/mol. The van der Waals surface area contributed by atoms with Crippen LogP contribution in [0.5, 0.6) is 5.75 Å². The van der Waals surface area contributed by atoms with E-state index >= 15 is 0 Å². The summed E-state index contributed by atoms with van der Waals surface area (Å²) in [5, 5.41) is 22.8.